The van der Waals surface area contributed by atoms with E-state index in [4.69, 9.17) is 23.2 Å². The fourth-order valence-corrected chi connectivity index (χ4v) is 2.69. The number of aliphatic hydroxyl groups is 1. The van der Waals surface area contributed by atoms with Crippen LogP contribution in [0.5, 0.6) is 0 Å². The van der Waals surface area contributed by atoms with Gasteiger partial charge in [0.1, 0.15) is 0 Å². The van der Waals surface area contributed by atoms with E-state index in [1.165, 1.54) is 17.0 Å². The van der Waals surface area contributed by atoms with Crippen LogP contribution in [-0.4, -0.2) is 27.3 Å². The number of nitrogens with one attached hydrogen (secondary N) is 1. The minimum Gasteiger partial charge on any atom is -0.389 e. The predicted molar refractivity (Wildman–Crippen MR) is 97.0 cm³/mol. The predicted octanol–water partition coefficient (Wildman–Crippen LogP) is 3.18. The molecule has 0 fully saturated rings. The second-order valence-electron chi connectivity index (χ2n) is 5.39. The van der Waals surface area contributed by atoms with Crippen molar-refractivity contribution in [2.75, 3.05) is 11.9 Å². The summed E-state index contributed by atoms with van der Waals surface area (Å²) in [7, 11) is 0. The van der Waals surface area contributed by atoms with Crippen molar-refractivity contribution in [3.05, 3.63) is 69.2 Å². The molecule has 0 saturated carbocycles. The zero-order valence-electron chi connectivity index (χ0n) is 12.6. The van der Waals surface area contributed by atoms with E-state index in [-0.39, 0.29) is 12.1 Å². The molecule has 0 saturated heterocycles. The molecule has 3 aromatic rings. The number of benzene rings is 2. The summed E-state index contributed by atoms with van der Waals surface area (Å²) in [5.74, 6) is 0. The molecule has 2 aromatic carbocycles. The standard InChI is InChI=1S/C17H15Cl2N3O2/c18-14-6-13-16(7-15(14)19)21-10-22(17(13)24)9-12(23)8-20-11-4-2-1-3-5-11/h1-7,10,12,20,23H,8-9H2/t12-/m0/s1. The number of para-hydroxylation sites is 1. The highest BCUT2D eigenvalue weighted by atomic mass is 35.5. The number of halogens is 2. The Balaban J connectivity index is 1.76. The van der Waals surface area contributed by atoms with Gasteiger partial charge >= 0.3 is 0 Å². The third kappa shape index (κ3) is 3.70. The van der Waals surface area contributed by atoms with Gasteiger partial charge in [0.05, 0.1) is 39.9 Å². The molecule has 0 aliphatic rings. The van der Waals surface area contributed by atoms with Gasteiger partial charge in [-0.2, -0.15) is 0 Å². The first-order valence-electron chi connectivity index (χ1n) is 7.36. The molecule has 24 heavy (non-hydrogen) atoms. The molecule has 0 bridgehead atoms. The third-order valence-electron chi connectivity index (χ3n) is 3.59. The Kier molecular flexibility index (Phi) is 5.04. The van der Waals surface area contributed by atoms with Crippen LogP contribution in [0, 0.1) is 0 Å². The Labute approximate surface area is 148 Å². The van der Waals surface area contributed by atoms with Crippen molar-refractivity contribution < 1.29 is 5.11 Å². The zero-order chi connectivity index (χ0) is 17.1. The van der Waals surface area contributed by atoms with Crippen LogP contribution in [0.2, 0.25) is 10.0 Å². The molecule has 7 heteroatoms. The van der Waals surface area contributed by atoms with Gasteiger partial charge in [-0.1, -0.05) is 41.4 Å². The number of fused-ring (bicyclic) bond motifs is 1. The lowest BCUT2D eigenvalue weighted by Gasteiger charge is -2.14. The number of aliphatic hydroxyl groups excluding tert-OH is 1. The van der Waals surface area contributed by atoms with Crippen LogP contribution >= 0.6 is 23.2 Å². The van der Waals surface area contributed by atoms with Gasteiger partial charge in [0.25, 0.3) is 5.56 Å². The van der Waals surface area contributed by atoms with Crippen LogP contribution in [-0.2, 0) is 6.54 Å². The highest BCUT2D eigenvalue weighted by molar-refractivity contribution is 6.42. The van der Waals surface area contributed by atoms with Gasteiger partial charge in [-0.25, -0.2) is 4.98 Å². The van der Waals surface area contributed by atoms with Crippen LogP contribution in [0.3, 0.4) is 0 Å². The first-order valence-corrected chi connectivity index (χ1v) is 8.11. The Hall–Kier alpha value is -2.08. The van der Waals surface area contributed by atoms with Crippen molar-refractivity contribution >= 4 is 39.8 Å². The number of nitrogens with zero attached hydrogens (tertiary/aromatic N) is 2. The maximum atomic E-state index is 12.5. The van der Waals surface area contributed by atoms with Crippen LogP contribution in [0.1, 0.15) is 0 Å². The van der Waals surface area contributed by atoms with Gasteiger partial charge in [-0.05, 0) is 24.3 Å². The van der Waals surface area contributed by atoms with E-state index in [0.717, 1.165) is 5.69 Å². The molecule has 1 aromatic heterocycles. The van der Waals surface area contributed by atoms with E-state index in [1.807, 2.05) is 30.3 Å². The van der Waals surface area contributed by atoms with E-state index >= 15 is 0 Å². The average molecular weight is 364 g/mol. The Morgan fingerprint density at radius 1 is 1.17 bits per heavy atom. The first-order chi connectivity index (χ1) is 11.5. The smallest absolute Gasteiger partial charge is 0.261 e. The van der Waals surface area contributed by atoms with Crippen molar-refractivity contribution in [1.82, 2.24) is 9.55 Å². The summed E-state index contributed by atoms with van der Waals surface area (Å²) in [6, 6.07) is 12.6. The van der Waals surface area contributed by atoms with Gasteiger partial charge in [0.15, 0.2) is 0 Å². The van der Waals surface area contributed by atoms with Crippen LogP contribution in [0.15, 0.2) is 53.6 Å². The molecule has 0 amide bonds. The van der Waals surface area contributed by atoms with E-state index < -0.39 is 6.10 Å². The summed E-state index contributed by atoms with van der Waals surface area (Å²) in [6.07, 6.45) is 0.658. The molecule has 0 aliphatic carbocycles. The second-order valence-corrected chi connectivity index (χ2v) is 6.20. The van der Waals surface area contributed by atoms with Gasteiger partial charge < -0.3 is 10.4 Å². The van der Waals surface area contributed by atoms with Crippen LogP contribution < -0.4 is 10.9 Å². The number of hydrogen-bond donors (Lipinski definition) is 2. The van der Waals surface area contributed by atoms with E-state index in [0.29, 0.717) is 27.5 Å². The Morgan fingerprint density at radius 3 is 2.62 bits per heavy atom. The fourth-order valence-electron chi connectivity index (χ4n) is 2.37. The van der Waals surface area contributed by atoms with E-state index in [9.17, 15) is 9.90 Å². The van der Waals surface area contributed by atoms with Gasteiger partial charge in [0.2, 0.25) is 0 Å². The van der Waals surface area contributed by atoms with Gasteiger partial charge in [-0.3, -0.25) is 9.36 Å². The lowest BCUT2D eigenvalue weighted by molar-refractivity contribution is 0.165. The van der Waals surface area contributed by atoms with Crippen molar-refractivity contribution in [2.24, 2.45) is 0 Å². The van der Waals surface area contributed by atoms with Crippen LogP contribution in [0.25, 0.3) is 10.9 Å². The first kappa shape index (κ1) is 16.8. The Morgan fingerprint density at radius 2 is 1.88 bits per heavy atom. The summed E-state index contributed by atoms with van der Waals surface area (Å²) in [4.78, 5) is 16.7. The molecule has 1 heterocycles. The highest BCUT2D eigenvalue weighted by Gasteiger charge is 2.11. The fraction of sp³-hybridized carbons (Fsp3) is 0.176. The summed E-state index contributed by atoms with van der Waals surface area (Å²) < 4.78 is 1.36. The molecular weight excluding hydrogens is 349 g/mol. The maximum absolute atomic E-state index is 12.5. The quantitative estimate of drug-likeness (QED) is 0.730. The molecule has 3 rings (SSSR count). The minimum absolute atomic E-state index is 0.127. The van der Waals surface area contributed by atoms with Crippen molar-refractivity contribution in [3.8, 4) is 0 Å². The number of rotatable bonds is 5. The van der Waals surface area contributed by atoms with Gasteiger partial charge in [0, 0.05) is 12.2 Å². The Bertz CT molecular complexity index is 913. The largest absolute Gasteiger partial charge is 0.389 e. The summed E-state index contributed by atoms with van der Waals surface area (Å²) in [6.45, 7) is 0.442. The summed E-state index contributed by atoms with van der Waals surface area (Å²) in [5, 5.41) is 14.3. The van der Waals surface area contributed by atoms with E-state index in [2.05, 4.69) is 10.3 Å². The molecule has 0 aliphatic heterocycles. The molecule has 2 N–H and O–H groups in total. The van der Waals surface area contributed by atoms with Crippen molar-refractivity contribution in [1.29, 1.82) is 0 Å². The lowest BCUT2D eigenvalue weighted by Crippen LogP contribution is -2.31. The summed E-state index contributed by atoms with van der Waals surface area (Å²) >= 11 is 11.9. The highest BCUT2D eigenvalue weighted by Crippen LogP contribution is 2.25. The lowest BCUT2D eigenvalue weighted by atomic mass is 10.2. The maximum Gasteiger partial charge on any atom is 0.261 e. The van der Waals surface area contributed by atoms with Gasteiger partial charge in [-0.15, -0.1) is 0 Å². The second kappa shape index (κ2) is 7.21. The average Bonchev–Trinajstić information content (AvgIpc) is 2.58. The van der Waals surface area contributed by atoms with Crippen molar-refractivity contribution in [3.63, 3.8) is 0 Å². The van der Waals surface area contributed by atoms with Crippen LogP contribution in [0.4, 0.5) is 5.69 Å². The number of aromatic nitrogens is 2. The summed E-state index contributed by atoms with van der Waals surface area (Å²) in [5.41, 5.74) is 1.11. The number of anilines is 1. The molecule has 1 atom stereocenters. The normalized spacial score (nSPS) is 12.3. The molecule has 0 spiro atoms. The topological polar surface area (TPSA) is 67.2 Å². The molecular formula is C17H15Cl2N3O2. The van der Waals surface area contributed by atoms with E-state index in [1.54, 1.807) is 6.07 Å². The molecule has 0 radical (unpaired) electrons. The zero-order valence-corrected chi connectivity index (χ0v) is 14.1. The minimum atomic E-state index is -0.745. The van der Waals surface area contributed by atoms with Crippen molar-refractivity contribution in [2.45, 2.75) is 12.6 Å². The third-order valence-corrected chi connectivity index (χ3v) is 4.31. The number of hydrogen-bond acceptors (Lipinski definition) is 4. The molecule has 0 unspecified atom stereocenters. The molecule has 124 valence electrons. The molecule has 5 nitrogen and oxygen atoms in total. The monoisotopic (exact) mass is 363 g/mol. The SMILES string of the molecule is O=c1c2cc(Cl)c(Cl)cc2ncn1C[C@@H](O)CNc1ccccc1.